The Morgan fingerprint density at radius 3 is 3.00 bits per heavy atom. The van der Waals surface area contributed by atoms with Gasteiger partial charge in [-0.3, -0.25) is 0 Å². The fourth-order valence-electron chi connectivity index (χ4n) is 1.53. The Kier molecular flexibility index (Phi) is 3.74. The average molecular weight is 236 g/mol. The highest BCUT2D eigenvalue weighted by atomic mass is 32.1. The van der Waals surface area contributed by atoms with Crippen LogP contribution in [0.3, 0.4) is 0 Å². The number of hydrogen-bond donors (Lipinski definition) is 2. The van der Waals surface area contributed by atoms with Crippen molar-refractivity contribution in [2.24, 2.45) is 5.92 Å². The van der Waals surface area contributed by atoms with Gasteiger partial charge < -0.3 is 10.4 Å². The number of hydrogen-bond acceptors (Lipinski definition) is 4. The van der Waals surface area contributed by atoms with Crippen molar-refractivity contribution in [3.63, 3.8) is 0 Å². The summed E-state index contributed by atoms with van der Waals surface area (Å²) in [6.45, 7) is 3.24. The van der Waals surface area contributed by atoms with E-state index in [0.717, 1.165) is 23.6 Å². The molecule has 86 valence electrons. The maximum Gasteiger partial charge on any atom is 0.183 e. The third-order valence-corrected chi connectivity index (χ3v) is 3.51. The van der Waals surface area contributed by atoms with E-state index < -0.39 is 0 Å². The highest BCUT2D eigenvalue weighted by Gasteiger charge is 2.04. The second-order valence-electron chi connectivity index (χ2n) is 3.99. The van der Waals surface area contributed by atoms with Crippen molar-refractivity contribution in [2.75, 3.05) is 18.5 Å². The van der Waals surface area contributed by atoms with Gasteiger partial charge in [-0.1, -0.05) is 30.4 Å². The van der Waals surface area contributed by atoms with E-state index in [-0.39, 0.29) is 6.61 Å². The summed E-state index contributed by atoms with van der Waals surface area (Å²) < 4.78 is 1.21. The topological polar surface area (TPSA) is 45.1 Å². The molecule has 4 heteroatoms. The van der Waals surface area contributed by atoms with Crippen LogP contribution in [-0.2, 0) is 0 Å². The zero-order valence-corrected chi connectivity index (χ0v) is 10.1. The zero-order chi connectivity index (χ0) is 11.4. The molecule has 0 saturated carbocycles. The number of para-hydroxylation sites is 1. The van der Waals surface area contributed by atoms with Crippen LogP contribution >= 0.6 is 11.3 Å². The van der Waals surface area contributed by atoms with Gasteiger partial charge in [0.2, 0.25) is 0 Å². The molecule has 1 aromatic carbocycles. The van der Waals surface area contributed by atoms with Gasteiger partial charge in [-0.25, -0.2) is 4.98 Å². The molecule has 1 atom stereocenters. The number of anilines is 1. The molecular formula is C12H16N2OS. The van der Waals surface area contributed by atoms with Gasteiger partial charge in [-0.05, 0) is 24.5 Å². The van der Waals surface area contributed by atoms with Crippen molar-refractivity contribution in [3.05, 3.63) is 24.3 Å². The van der Waals surface area contributed by atoms with E-state index in [9.17, 15) is 0 Å². The third-order valence-electron chi connectivity index (χ3n) is 2.52. The lowest BCUT2D eigenvalue weighted by molar-refractivity contribution is 0.266. The Hall–Kier alpha value is -1.13. The van der Waals surface area contributed by atoms with Crippen molar-refractivity contribution in [3.8, 4) is 0 Å². The Morgan fingerprint density at radius 2 is 2.25 bits per heavy atom. The highest BCUT2D eigenvalue weighted by molar-refractivity contribution is 7.22. The predicted octanol–water partition coefficient (Wildman–Crippen LogP) is 2.73. The van der Waals surface area contributed by atoms with Gasteiger partial charge in [0.05, 0.1) is 10.2 Å². The van der Waals surface area contributed by atoms with Gasteiger partial charge in [0, 0.05) is 13.2 Å². The first kappa shape index (κ1) is 11.4. The quantitative estimate of drug-likeness (QED) is 0.839. The molecule has 0 aliphatic rings. The minimum atomic E-state index is 0.253. The van der Waals surface area contributed by atoms with Gasteiger partial charge in [-0.2, -0.15) is 0 Å². The van der Waals surface area contributed by atoms with E-state index in [1.54, 1.807) is 11.3 Å². The highest BCUT2D eigenvalue weighted by Crippen LogP contribution is 2.25. The fraction of sp³-hybridized carbons (Fsp3) is 0.417. The van der Waals surface area contributed by atoms with Crippen molar-refractivity contribution < 1.29 is 5.11 Å². The number of nitrogens with one attached hydrogen (secondary N) is 1. The molecule has 0 fully saturated rings. The zero-order valence-electron chi connectivity index (χ0n) is 9.31. The van der Waals surface area contributed by atoms with Crippen molar-refractivity contribution in [2.45, 2.75) is 13.3 Å². The molecular weight excluding hydrogens is 220 g/mol. The van der Waals surface area contributed by atoms with Crippen LogP contribution in [0.15, 0.2) is 24.3 Å². The second-order valence-corrected chi connectivity index (χ2v) is 5.02. The normalized spacial score (nSPS) is 12.9. The standard InChI is InChI=1S/C12H16N2OS/c1-9(6-7-15)8-13-12-14-10-4-2-3-5-11(10)16-12/h2-5,9,15H,6-8H2,1H3,(H,13,14). The van der Waals surface area contributed by atoms with Crippen LogP contribution in [0, 0.1) is 5.92 Å². The van der Waals surface area contributed by atoms with Gasteiger partial charge in [-0.15, -0.1) is 0 Å². The Balaban J connectivity index is 1.99. The van der Waals surface area contributed by atoms with Crippen molar-refractivity contribution >= 4 is 26.7 Å². The lowest BCUT2D eigenvalue weighted by atomic mass is 10.1. The number of thiazole rings is 1. The maximum atomic E-state index is 8.81. The number of aliphatic hydroxyl groups is 1. The average Bonchev–Trinajstić information content (AvgIpc) is 2.69. The van der Waals surface area contributed by atoms with E-state index in [1.807, 2.05) is 18.2 Å². The molecule has 2 rings (SSSR count). The van der Waals surface area contributed by atoms with Gasteiger partial charge in [0.15, 0.2) is 5.13 Å². The molecule has 1 unspecified atom stereocenters. The van der Waals surface area contributed by atoms with Crippen molar-refractivity contribution in [1.82, 2.24) is 4.98 Å². The van der Waals surface area contributed by atoms with E-state index in [0.29, 0.717) is 5.92 Å². The molecule has 0 bridgehead atoms. The van der Waals surface area contributed by atoms with E-state index in [2.05, 4.69) is 23.3 Å². The van der Waals surface area contributed by atoms with Crippen LogP contribution in [0.25, 0.3) is 10.2 Å². The molecule has 2 N–H and O–H groups in total. The Labute approximate surface area is 99.1 Å². The SMILES string of the molecule is CC(CCO)CNc1nc2ccccc2s1. The van der Waals surface area contributed by atoms with Crippen LogP contribution in [0.2, 0.25) is 0 Å². The van der Waals surface area contributed by atoms with E-state index in [1.165, 1.54) is 4.70 Å². The third kappa shape index (κ3) is 2.71. The Bertz CT molecular complexity index is 422. The molecule has 1 heterocycles. The first-order valence-electron chi connectivity index (χ1n) is 5.50. The molecule has 0 spiro atoms. The summed E-state index contributed by atoms with van der Waals surface area (Å²) in [7, 11) is 0. The van der Waals surface area contributed by atoms with Crippen LogP contribution in [-0.4, -0.2) is 23.2 Å². The van der Waals surface area contributed by atoms with Crippen LogP contribution < -0.4 is 5.32 Å². The van der Waals surface area contributed by atoms with Crippen molar-refractivity contribution in [1.29, 1.82) is 0 Å². The molecule has 3 nitrogen and oxygen atoms in total. The largest absolute Gasteiger partial charge is 0.396 e. The fourth-order valence-corrected chi connectivity index (χ4v) is 2.40. The monoisotopic (exact) mass is 236 g/mol. The van der Waals surface area contributed by atoms with E-state index in [4.69, 9.17) is 5.11 Å². The number of nitrogens with zero attached hydrogens (tertiary/aromatic N) is 1. The number of aromatic nitrogens is 1. The molecule has 0 aliphatic carbocycles. The molecule has 0 radical (unpaired) electrons. The maximum absolute atomic E-state index is 8.81. The molecule has 2 aromatic rings. The summed E-state index contributed by atoms with van der Waals surface area (Å²) in [6.07, 6.45) is 0.831. The van der Waals surface area contributed by atoms with Gasteiger partial charge in [0.25, 0.3) is 0 Å². The van der Waals surface area contributed by atoms with Gasteiger partial charge in [0.1, 0.15) is 0 Å². The minimum absolute atomic E-state index is 0.253. The lowest BCUT2D eigenvalue weighted by Gasteiger charge is -2.09. The second kappa shape index (κ2) is 5.27. The first-order chi connectivity index (χ1) is 7.79. The number of rotatable bonds is 5. The summed E-state index contributed by atoms with van der Waals surface area (Å²) >= 11 is 1.67. The molecule has 16 heavy (non-hydrogen) atoms. The molecule has 0 aliphatic heterocycles. The van der Waals surface area contributed by atoms with Crippen LogP contribution in [0.5, 0.6) is 0 Å². The number of aliphatic hydroxyl groups excluding tert-OH is 1. The molecule has 0 saturated heterocycles. The summed E-state index contributed by atoms with van der Waals surface area (Å²) in [6, 6.07) is 8.13. The summed E-state index contributed by atoms with van der Waals surface area (Å²) in [5, 5.41) is 13.1. The molecule has 1 aromatic heterocycles. The first-order valence-corrected chi connectivity index (χ1v) is 6.31. The summed E-state index contributed by atoms with van der Waals surface area (Å²) in [5.74, 6) is 0.469. The predicted molar refractivity (Wildman–Crippen MR) is 69.0 cm³/mol. The number of fused-ring (bicyclic) bond motifs is 1. The van der Waals surface area contributed by atoms with Crippen LogP contribution in [0.4, 0.5) is 5.13 Å². The smallest absolute Gasteiger partial charge is 0.183 e. The molecule has 0 amide bonds. The summed E-state index contributed by atoms with van der Waals surface area (Å²) in [4.78, 5) is 4.49. The van der Waals surface area contributed by atoms with Crippen LogP contribution in [0.1, 0.15) is 13.3 Å². The lowest BCUT2D eigenvalue weighted by Crippen LogP contribution is -2.12. The Morgan fingerprint density at radius 1 is 1.44 bits per heavy atom. The van der Waals surface area contributed by atoms with E-state index >= 15 is 0 Å². The summed E-state index contributed by atoms with van der Waals surface area (Å²) in [5.41, 5.74) is 1.05. The van der Waals surface area contributed by atoms with Gasteiger partial charge >= 0.3 is 0 Å². The minimum Gasteiger partial charge on any atom is -0.396 e. The number of benzene rings is 1.